The van der Waals surface area contributed by atoms with E-state index in [0.29, 0.717) is 25.6 Å². The van der Waals surface area contributed by atoms with E-state index in [9.17, 15) is 8.42 Å². The van der Waals surface area contributed by atoms with Crippen molar-refractivity contribution in [3.63, 3.8) is 0 Å². The van der Waals surface area contributed by atoms with Gasteiger partial charge in [-0.3, -0.25) is 4.99 Å². The largest absolute Gasteiger partial charge is 0.375 e. The Balaban J connectivity index is 1.58. The first-order chi connectivity index (χ1) is 13.2. The number of rotatable bonds is 3. The second kappa shape index (κ2) is 8.24. The van der Waals surface area contributed by atoms with Gasteiger partial charge in [0.1, 0.15) is 5.82 Å². The maximum atomic E-state index is 12.2. The van der Waals surface area contributed by atoms with Gasteiger partial charge in [-0.1, -0.05) is 6.07 Å². The predicted octanol–water partition coefficient (Wildman–Crippen LogP) is 0.891. The molecular formula is C19H31N5O3S. The molecular weight excluding hydrogens is 378 g/mol. The van der Waals surface area contributed by atoms with Crippen molar-refractivity contribution >= 4 is 21.6 Å². The van der Waals surface area contributed by atoms with Crippen molar-refractivity contribution in [1.82, 2.24) is 15.2 Å². The lowest BCUT2D eigenvalue weighted by atomic mass is 10.2. The van der Waals surface area contributed by atoms with Crippen LogP contribution < -0.4 is 10.2 Å². The van der Waals surface area contributed by atoms with Gasteiger partial charge in [-0.15, -0.1) is 0 Å². The topological polar surface area (TPSA) is 87.1 Å². The Bertz CT molecular complexity index is 807. The van der Waals surface area contributed by atoms with Gasteiger partial charge in [-0.2, -0.15) is 0 Å². The summed E-state index contributed by atoms with van der Waals surface area (Å²) in [4.78, 5) is 13.2. The molecule has 0 aromatic carbocycles. The van der Waals surface area contributed by atoms with E-state index in [1.54, 1.807) is 20.9 Å². The molecule has 9 heteroatoms. The molecule has 0 spiro atoms. The van der Waals surface area contributed by atoms with Crippen LogP contribution in [0.1, 0.15) is 26.3 Å². The van der Waals surface area contributed by atoms with Gasteiger partial charge in [-0.25, -0.2) is 13.4 Å². The van der Waals surface area contributed by atoms with Crippen LogP contribution in [0.2, 0.25) is 0 Å². The van der Waals surface area contributed by atoms with E-state index < -0.39 is 14.6 Å². The van der Waals surface area contributed by atoms with Crippen LogP contribution in [0.25, 0.3) is 0 Å². The minimum Gasteiger partial charge on any atom is -0.375 e. The van der Waals surface area contributed by atoms with E-state index in [2.05, 4.69) is 33.2 Å². The zero-order valence-corrected chi connectivity index (χ0v) is 18.0. The standard InChI is InChI=1S/C19H31N5O3S/c1-15-13-23(7-9-27-15)17-6-5-16(11-21-17)12-22-18(20-4)24-8-10-28(25,26)19(2,3)14-24/h5-6,11,15H,7-10,12-14H2,1-4H3,(H,20,22). The van der Waals surface area contributed by atoms with Crippen LogP contribution in [0.4, 0.5) is 5.82 Å². The summed E-state index contributed by atoms with van der Waals surface area (Å²) in [5.74, 6) is 1.83. The van der Waals surface area contributed by atoms with Gasteiger partial charge in [0.15, 0.2) is 15.8 Å². The molecule has 0 saturated carbocycles. The highest BCUT2D eigenvalue weighted by Crippen LogP contribution is 2.23. The number of anilines is 1. The van der Waals surface area contributed by atoms with Gasteiger partial charge in [0.2, 0.25) is 0 Å². The average Bonchev–Trinajstić information content (AvgIpc) is 2.65. The first kappa shape index (κ1) is 20.9. The Morgan fingerprint density at radius 3 is 2.79 bits per heavy atom. The minimum atomic E-state index is -3.07. The summed E-state index contributed by atoms with van der Waals surface area (Å²) in [5, 5.41) is 3.33. The van der Waals surface area contributed by atoms with Gasteiger partial charge in [0, 0.05) is 46.0 Å². The molecule has 28 heavy (non-hydrogen) atoms. The number of ether oxygens (including phenoxy) is 1. The number of hydrogen-bond acceptors (Lipinski definition) is 6. The third-order valence-corrected chi connectivity index (χ3v) is 7.91. The summed E-state index contributed by atoms with van der Waals surface area (Å²) in [6.07, 6.45) is 2.10. The molecule has 3 rings (SSSR count). The van der Waals surface area contributed by atoms with Gasteiger partial charge < -0.3 is 19.9 Å². The van der Waals surface area contributed by atoms with Crippen LogP contribution in [0.15, 0.2) is 23.3 Å². The number of morpholine rings is 1. The summed E-state index contributed by atoms with van der Waals surface area (Å²) in [6, 6.07) is 4.10. The first-order valence-corrected chi connectivity index (χ1v) is 11.4. The van der Waals surface area contributed by atoms with Gasteiger partial charge in [-0.05, 0) is 32.4 Å². The summed E-state index contributed by atoms with van der Waals surface area (Å²) in [6.45, 7) is 9.53. The highest BCUT2D eigenvalue weighted by molar-refractivity contribution is 7.92. The van der Waals surface area contributed by atoms with E-state index in [0.717, 1.165) is 31.1 Å². The van der Waals surface area contributed by atoms with Crippen LogP contribution in [0, 0.1) is 0 Å². The van der Waals surface area contributed by atoms with Crippen LogP contribution in [0.5, 0.6) is 0 Å². The molecule has 156 valence electrons. The van der Waals surface area contributed by atoms with Crippen molar-refractivity contribution in [2.45, 2.75) is 38.2 Å². The lowest BCUT2D eigenvalue weighted by Crippen LogP contribution is -2.57. The number of aliphatic imine (C=N–C) groups is 1. The van der Waals surface area contributed by atoms with Crippen molar-refractivity contribution in [1.29, 1.82) is 0 Å². The zero-order valence-electron chi connectivity index (χ0n) is 17.2. The monoisotopic (exact) mass is 409 g/mol. The van der Waals surface area contributed by atoms with E-state index in [1.807, 2.05) is 17.2 Å². The Morgan fingerprint density at radius 1 is 1.39 bits per heavy atom. The maximum Gasteiger partial charge on any atom is 0.193 e. The third-order valence-electron chi connectivity index (χ3n) is 5.38. The van der Waals surface area contributed by atoms with Crippen LogP contribution >= 0.6 is 0 Å². The number of sulfone groups is 1. The predicted molar refractivity (Wildman–Crippen MR) is 112 cm³/mol. The molecule has 2 saturated heterocycles. The van der Waals surface area contributed by atoms with Crippen molar-refractivity contribution in [3.05, 3.63) is 23.9 Å². The molecule has 0 bridgehead atoms. The molecule has 1 aromatic heterocycles. The Morgan fingerprint density at radius 2 is 2.18 bits per heavy atom. The molecule has 1 aromatic rings. The Hall–Kier alpha value is -1.87. The molecule has 0 aliphatic carbocycles. The summed E-state index contributed by atoms with van der Waals surface area (Å²) in [7, 11) is -1.35. The van der Waals surface area contributed by atoms with E-state index >= 15 is 0 Å². The maximum absolute atomic E-state index is 12.2. The van der Waals surface area contributed by atoms with Crippen molar-refractivity contribution < 1.29 is 13.2 Å². The van der Waals surface area contributed by atoms with Crippen molar-refractivity contribution in [3.8, 4) is 0 Å². The molecule has 1 atom stereocenters. The Labute approximate surface area is 167 Å². The molecule has 8 nitrogen and oxygen atoms in total. The number of pyridine rings is 1. The molecule has 2 fully saturated rings. The summed E-state index contributed by atoms with van der Waals surface area (Å²) < 4.78 is 29.2. The van der Waals surface area contributed by atoms with Crippen molar-refractivity contribution in [2.75, 3.05) is 50.5 Å². The summed E-state index contributed by atoms with van der Waals surface area (Å²) >= 11 is 0. The third kappa shape index (κ3) is 4.57. The number of hydrogen-bond donors (Lipinski definition) is 1. The first-order valence-electron chi connectivity index (χ1n) is 9.71. The lowest BCUT2D eigenvalue weighted by molar-refractivity contribution is 0.0529. The van der Waals surface area contributed by atoms with E-state index in [1.165, 1.54) is 0 Å². The fourth-order valence-electron chi connectivity index (χ4n) is 3.57. The normalized spacial score (nSPS) is 24.9. The molecule has 3 heterocycles. The number of nitrogens with zero attached hydrogens (tertiary/aromatic N) is 4. The van der Waals surface area contributed by atoms with Gasteiger partial charge in [0.25, 0.3) is 0 Å². The van der Waals surface area contributed by atoms with Gasteiger partial charge in [0.05, 0.1) is 23.2 Å². The quantitative estimate of drug-likeness (QED) is 0.586. The fourth-order valence-corrected chi connectivity index (χ4v) is 4.94. The summed E-state index contributed by atoms with van der Waals surface area (Å²) in [5.41, 5.74) is 1.05. The van der Waals surface area contributed by atoms with Crippen LogP contribution in [-0.4, -0.2) is 80.7 Å². The number of aromatic nitrogens is 1. The van der Waals surface area contributed by atoms with E-state index in [-0.39, 0.29) is 11.9 Å². The molecule has 1 unspecified atom stereocenters. The van der Waals surface area contributed by atoms with E-state index in [4.69, 9.17) is 4.74 Å². The molecule has 2 aliphatic heterocycles. The molecule has 1 N–H and O–H groups in total. The average molecular weight is 410 g/mol. The fraction of sp³-hybridized carbons (Fsp3) is 0.684. The molecule has 2 aliphatic rings. The second-order valence-corrected chi connectivity index (χ2v) is 10.8. The molecule has 0 radical (unpaired) electrons. The molecule has 0 amide bonds. The van der Waals surface area contributed by atoms with Crippen LogP contribution in [-0.2, 0) is 21.1 Å². The minimum absolute atomic E-state index is 0.148. The van der Waals surface area contributed by atoms with Gasteiger partial charge >= 0.3 is 0 Å². The lowest BCUT2D eigenvalue weighted by Gasteiger charge is -2.39. The van der Waals surface area contributed by atoms with Crippen molar-refractivity contribution in [2.24, 2.45) is 4.99 Å². The number of nitrogens with one attached hydrogen (secondary N) is 1. The Kier molecular flexibility index (Phi) is 6.14. The highest BCUT2D eigenvalue weighted by Gasteiger charge is 2.40. The highest BCUT2D eigenvalue weighted by atomic mass is 32.2. The number of guanidine groups is 1. The smallest absolute Gasteiger partial charge is 0.193 e. The van der Waals surface area contributed by atoms with Crippen LogP contribution in [0.3, 0.4) is 0 Å². The SMILES string of the molecule is CN=C(NCc1ccc(N2CCOC(C)C2)nc1)N1CCS(=O)(=O)C(C)(C)C1. The second-order valence-electron chi connectivity index (χ2n) is 8.05. The zero-order chi connectivity index (χ0) is 20.4.